The van der Waals surface area contributed by atoms with E-state index in [1.54, 1.807) is 36.4 Å². The number of benzene rings is 2. The molecule has 0 radical (unpaired) electrons. The smallest absolute Gasteiger partial charge is 0.256 e. The van der Waals surface area contributed by atoms with Gasteiger partial charge < -0.3 is 15.4 Å². The molecule has 1 heterocycles. The Morgan fingerprint density at radius 2 is 1.96 bits per heavy atom. The third-order valence-corrected chi connectivity index (χ3v) is 4.71. The van der Waals surface area contributed by atoms with Gasteiger partial charge in [0.25, 0.3) is 11.8 Å². The second-order valence-electron chi connectivity index (χ2n) is 5.86. The summed E-state index contributed by atoms with van der Waals surface area (Å²) >= 11 is 3.36. The van der Waals surface area contributed by atoms with E-state index >= 15 is 0 Å². The molecule has 1 aliphatic rings. The first-order valence-corrected chi connectivity index (χ1v) is 8.98. The maximum Gasteiger partial charge on any atom is 0.256 e. The fourth-order valence-corrected chi connectivity index (χ4v) is 3.16. The normalized spacial score (nSPS) is 16.4. The predicted octanol–water partition coefficient (Wildman–Crippen LogP) is 3.61. The predicted molar refractivity (Wildman–Crippen MR) is 99.8 cm³/mol. The zero-order valence-corrected chi connectivity index (χ0v) is 15.2. The molecule has 130 valence electrons. The highest BCUT2D eigenvalue weighted by atomic mass is 79.9. The van der Waals surface area contributed by atoms with Gasteiger partial charge in [-0.25, -0.2) is 0 Å². The molecule has 0 bridgehead atoms. The van der Waals surface area contributed by atoms with Gasteiger partial charge >= 0.3 is 0 Å². The minimum Gasteiger partial charge on any atom is -0.376 e. The van der Waals surface area contributed by atoms with Crippen LogP contribution in [0.5, 0.6) is 0 Å². The lowest BCUT2D eigenvalue weighted by Gasteiger charge is -2.12. The zero-order chi connectivity index (χ0) is 17.6. The molecule has 1 saturated heterocycles. The number of carbonyl (C=O) groups excluding carboxylic acids is 2. The summed E-state index contributed by atoms with van der Waals surface area (Å²) in [5.41, 5.74) is 1.61. The summed E-state index contributed by atoms with van der Waals surface area (Å²) in [5.74, 6) is -0.406. The van der Waals surface area contributed by atoms with Crippen LogP contribution in [0.3, 0.4) is 0 Å². The lowest BCUT2D eigenvalue weighted by atomic mass is 10.1. The number of amides is 2. The summed E-state index contributed by atoms with van der Waals surface area (Å²) in [7, 11) is 0. The molecule has 2 aromatic carbocycles. The van der Waals surface area contributed by atoms with Crippen LogP contribution < -0.4 is 10.6 Å². The summed E-state index contributed by atoms with van der Waals surface area (Å²) in [5, 5.41) is 5.70. The molecular formula is C19H19BrN2O3. The van der Waals surface area contributed by atoms with Crippen LogP contribution in [0.25, 0.3) is 0 Å². The van der Waals surface area contributed by atoms with Crippen LogP contribution >= 0.6 is 15.9 Å². The van der Waals surface area contributed by atoms with Crippen molar-refractivity contribution in [2.45, 2.75) is 18.9 Å². The van der Waals surface area contributed by atoms with Gasteiger partial charge in [0.2, 0.25) is 0 Å². The Balaban J connectivity index is 1.63. The largest absolute Gasteiger partial charge is 0.376 e. The van der Waals surface area contributed by atoms with Crippen LogP contribution in [0.1, 0.15) is 33.6 Å². The standard InChI is InChI=1S/C19H19BrN2O3/c20-17-9-2-1-8-16(17)19(24)22-14-6-3-5-13(11-14)18(23)21-12-15-7-4-10-25-15/h1-3,5-6,8-9,11,15H,4,7,10,12H2,(H,21,23)(H,22,24). The summed E-state index contributed by atoms with van der Waals surface area (Å²) in [6.07, 6.45) is 2.11. The molecule has 6 heteroatoms. The third kappa shape index (κ3) is 4.67. The number of hydrogen-bond donors (Lipinski definition) is 2. The number of ether oxygens (including phenoxy) is 1. The lowest BCUT2D eigenvalue weighted by molar-refractivity contribution is 0.0857. The van der Waals surface area contributed by atoms with Gasteiger partial charge in [-0.3, -0.25) is 9.59 Å². The van der Waals surface area contributed by atoms with Crippen molar-refractivity contribution >= 4 is 33.4 Å². The number of anilines is 1. The van der Waals surface area contributed by atoms with Gasteiger partial charge in [-0.2, -0.15) is 0 Å². The molecular weight excluding hydrogens is 384 g/mol. The average Bonchev–Trinajstić information content (AvgIpc) is 3.14. The first-order valence-electron chi connectivity index (χ1n) is 8.19. The van der Waals surface area contributed by atoms with E-state index in [4.69, 9.17) is 4.74 Å². The first kappa shape index (κ1) is 17.6. The van der Waals surface area contributed by atoms with Crippen LogP contribution in [0.2, 0.25) is 0 Å². The van der Waals surface area contributed by atoms with Crippen molar-refractivity contribution < 1.29 is 14.3 Å². The van der Waals surface area contributed by atoms with Crippen LogP contribution in [0.15, 0.2) is 53.0 Å². The van der Waals surface area contributed by atoms with E-state index < -0.39 is 0 Å². The molecule has 2 N–H and O–H groups in total. The maximum atomic E-state index is 12.4. The van der Waals surface area contributed by atoms with Crippen molar-refractivity contribution in [2.24, 2.45) is 0 Å². The minimum absolute atomic E-state index is 0.0993. The SMILES string of the molecule is O=C(NCC1CCCO1)c1cccc(NC(=O)c2ccccc2Br)c1. The van der Waals surface area contributed by atoms with Crippen molar-refractivity contribution in [1.29, 1.82) is 0 Å². The van der Waals surface area contributed by atoms with Crippen LogP contribution in [-0.4, -0.2) is 31.1 Å². The molecule has 0 aliphatic carbocycles. The van der Waals surface area contributed by atoms with Crippen LogP contribution in [0, 0.1) is 0 Å². The molecule has 1 aliphatic heterocycles. The average molecular weight is 403 g/mol. The van der Waals surface area contributed by atoms with E-state index in [-0.39, 0.29) is 17.9 Å². The second-order valence-corrected chi connectivity index (χ2v) is 6.71. The quantitative estimate of drug-likeness (QED) is 0.802. The molecule has 1 atom stereocenters. The molecule has 0 saturated carbocycles. The van der Waals surface area contributed by atoms with Gasteiger partial charge in [0, 0.05) is 28.9 Å². The fraction of sp³-hybridized carbons (Fsp3) is 0.263. The first-order chi connectivity index (χ1) is 12.1. The van der Waals surface area contributed by atoms with Gasteiger partial charge in [-0.15, -0.1) is 0 Å². The Hall–Kier alpha value is -2.18. The van der Waals surface area contributed by atoms with Crippen molar-refractivity contribution in [3.05, 3.63) is 64.1 Å². The zero-order valence-electron chi connectivity index (χ0n) is 13.6. The van der Waals surface area contributed by atoms with Gasteiger partial charge in [0.15, 0.2) is 0 Å². The van der Waals surface area contributed by atoms with Crippen molar-refractivity contribution in [2.75, 3.05) is 18.5 Å². The molecule has 0 spiro atoms. The summed E-state index contributed by atoms with van der Waals surface area (Å²) in [4.78, 5) is 24.6. The van der Waals surface area contributed by atoms with E-state index in [1.807, 2.05) is 12.1 Å². The molecule has 2 aromatic rings. The Morgan fingerprint density at radius 3 is 2.72 bits per heavy atom. The molecule has 5 nitrogen and oxygen atoms in total. The number of rotatable bonds is 5. The van der Waals surface area contributed by atoms with E-state index in [1.165, 1.54) is 0 Å². The number of nitrogens with one attached hydrogen (secondary N) is 2. The summed E-state index contributed by atoms with van der Waals surface area (Å²) in [6.45, 7) is 1.27. The lowest BCUT2D eigenvalue weighted by Crippen LogP contribution is -2.31. The maximum absolute atomic E-state index is 12.4. The van der Waals surface area contributed by atoms with Gasteiger partial charge in [0.05, 0.1) is 11.7 Å². The molecule has 0 aromatic heterocycles. The van der Waals surface area contributed by atoms with Crippen molar-refractivity contribution in [3.63, 3.8) is 0 Å². The molecule has 2 amide bonds. The monoisotopic (exact) mass is 402 g/mol. The molecule has 1 unspecified atom stereocenters. The Kier molecular flexibility index (Phi) is 5.83. The third-order valence-electron chi connectivity index (χ3n) is 4.02. The van der Waals surface area contributed by atoms with E-state index in [0.29, 0.717) is 23.4 Å². The second kappa shape index (κ2) is 8.27. The van der Waals surface area contributed by atoms with Crippen molar-refractivity contribution in [3.8, 4) is 0 Å². The van der Waals surface area contributed by atoms with Crippen molar-refractivity contribution in [1.82, 2.24) is 5.32 Å². The number of hydrogen-bond acceptors (Lipinski definition) is 3. The molecule has 3 rings (SSSR count). The Bertz CT molecular complexity index is 773. The highest BCUT2D eigenvalue weighted by molar-refractivity contribution is 9.10. The summed E-state index contributed by atoms with van der Waals surface area (Å²) in [6, 6.07) is 14.1. The topological polar surface area (TPSA) is 67.4 Å². The van der Waals surface area contributed by atoms with Crippen LogP contribution in [-0.2, 0) is 4.74 Å². The van der Waals surface area contributed by atoms with E-state index in [0.717, 1.165) is 23.9 Å². The minimum atomic E-state index is -0.232. The molecule has 1 fully saturated rings. The summed E-state index contributed by atoms with van der Waals surface area (Å²) < 4.78 is 6.22. The Labute approximate surface area is 154 Å². The van der Waals surface area contributed by atoms with E-state index in [9.17, 15) is 9.59 Å². The number of carbonyl (C=O) groups is 2. The highest BCUT2D eigenvalue weighted by Crippen LogP contribution is 2.18. The molecule has 25 heavy (non-hydrogen) atoms. The van der Waals surface area contributed by atoms with Crippen LogP contribution in [0.4, 0.5) is 5.69 Å². The fourth-order valence-electron chi connectivity index (χ4n) is 2.70. The van der Waals surface area contributed by atoms with Gasteiger partial charge in [-0.05, 0) is 59.1 Å². The van der Waals surface area contributed by atoms with Gasteiger partial charge in [-0.1, -0.05) is 18.2 Å². The highest BCUT2D eigenvalue weighted by Gasteiger charge is 2.17. The van der Waals surface area contributed by atoms with Gasteiger partial charge in [0.1, 0.15) is 0 Å². The number of halogens is 1. The van der Waals surface area contributed by atoms with E-state index in [2.05, 4.69) is 26.6 Å². The Morgan fingerprint density at radius 1 is 1.12 bits per heavy atom.